The zero-order valence-electron chi connectivity index (χ0n) is 19.5. The van der Waals surface area contributed by atoms with E-state index in [1.165, 1.54) is 0 Å². The maximum Gasteiger partial charge on any atom is 0.259 e. The monoisotopic (exact) mass is 445 g/mol. The summed E-state index contributed by atoms with van der Waals surface area (Å²) in [5.74, 6) is 0.968. The van der Waals surface area contributed by atoms with Crippen molar-refractivity contribution in [1.82, 2.24) is 4.90 Å². The molecule has 33 heavy (non-hydrogen) atoms. The van der Waals surface area contributed by atoms with E-state index in [4.69, 9.17) is 4.74 Å². The highest BCUT2D eigenvalue weighted by molar-refractivity contribution is 6.08. The first-order valence-electron chi connectivity index (χ1n) is 11.5. The second kappa shape index (κ2) is 9.94. The van der Waals surface area contributed by atoms with Crippen molar-refractivity contribution in [1.29, 1.82) is 0 Å². The maximum absolute atomic E-state index is 13.0. The van der Waals surface area contributed by atoms with E-state index in [2.05, 4.69) is 24.1 Å². The van der Waals surface area contributed by atoms with Crippen LogP contribution in [0.5, 0.6) is 5.75 Å². The molecule has 0 radical (unpaired) electrons. The van der Waals surface area contributed by atoms with Crippen LogP contribution in [0, 0.1) is 5.92 Å². The SMILES string of the molecule is COc1cc2ccccc2cc1C(=O)Nc1ccc(N2CCN(C(=O)CC(C)C)CC2)cc1. The van der Waals surface area contributed by atoms with Crippen LogP contribution in [-0.2, 0) is 4.79 Å². The molecule has 0 bridgehead atoms. The predicted octanol–water partition coefficient (Wildman–Crippen LogP) is 4.80. The van der Waals surface area contributed by atoms with Crippen molar-refractivity contribution in [3.05, 3.63) is 66.2 Å². The number of nitrogens with zero attached hydrogens (tertiary/aromatic N) is 2. The van der Waals surface area contributed by atoms with Crippen LogP contribution in [0.4, 0.5) is 11.4 Å². The van der Waals surface area contributed by atoms with Crippen LogP contribution in [0.25, 0.3) is 10.8 Å². The van der Waals surface area contributed by atoms with E-state index in [-0.39, 0.29) is 11.8 Å². The lowest BCUT2D eigenvalue weighted by Gasteiger charge is -2.36. The fourth-order valence-electron chi connectivity index (χ4n) is 4.21. The first kappa shape index (κ1) is 22.6. The van der Waals surface area contributed by atoms with E-state index in [0.29, 0.717) is 23.7 Å². The van der Waals surface area contributed by atoms with Gasteiger partial charge < -0.3 is 19.9 Å². The zero-order chi connectivity index (χ0) is 23.4. The molecule has 4 rings (SSSR count). The Kier molecular flexibility index (Phi) is 6.82. The van der Waals surface area contributed by atoms with Gasteiger partial charge in [0.15, 0.2) is 0 Å². The van der Waals surface area contributed by atoms with Crippen molar-refractivity contribution < 1.29 is 14.3 Å². The fourth-order valence-corrected chi connectivity index (χ4v) is 4.21. The average Bonchev–Trinajstić information content (AvgIpc) is 2.83. The number of carbonyl (C=O) groups excluding carboxylic acids is 2. The van der Waals surface area contributed by atoms with Crippen molar-refractivity contribution in [2.24, 2.45) is 5.92 Å². The van der Waals surface area contributed by atoms with E-state index in [1.54, 1.807) is 7.11 Å². The molecule has 1 heterocycles. The van der Waals surface area contributed by atoms with Gasteiger partial charge in [0, 0.05) is 44.0 Å². The molecule has 6 nitrogen and oxygen atoms in total. The Balaban J connectivity index is 1.40. The third kappa shape index (κ3) is 5.28. The highest BCUT2D eigenvalue weighted by Gasteiger charge is 2.22. The van der Waals surface area contributed by atoms with Crippen molar-refractivity contribution >= 4 is 34.0 Å². The summed E-state index contributed by atoms with van der Waals surface area (Å²) >= 11 is 0. The van der Waals surface area contributed by atoms with Crippen LogP contribution in [0.3, 0.4) is 0 Å². The number of hydrogen-bond acceptors (Lipinski definition) is 4. The average molecular weight is 446 g/mol. The van der Waals surface area contributed by atoms with Crippen LogP contribution in [0.2, 0.25) is 0 Å². The molecule has 1 fully saturated rings. The summed E-state index contributed by atoms with van der Waals surface area (Å²) in [5.41, 5.74) is 2.32. The molecule has 0 aliphatic carbocycles. The van der Waals surface area contributed by atoms with Gasteiger partial charge in [0.1, 0.15) is 5.75 Å². The summed E-state index contributed by atoms with van der Waals surface area (Å²) in [6.45, 7) is 7.25. The molecule has 0 saturated carbocycles. The smallest absolute Gasteiger partial charge is 0.259 e. The fraction of sp³-hybridized carbons (Fsp3) is 0.333. The largest absolute Gasteiger partial charge is 0.496 e. The predicted molar refractivity (Wildman–Crippen MR) is 133 cm³/mol. The van der Waals surface area contributed by atoms with Crippen LogP contribution in [0.15, 0.2) is 60.7 Å². The van der Waals surface area contributed by atoms with Crippen molar-refractivity contribution in [3.8, 4) is 5.75 Å². The van der Waals surface area contributed by atoms with Gasteiger partial charge in [-0.3, -0.25) is 9.59 Å². The van der Waals surface area contributed by atoms with E-state index >= 15 is 0 Å². The van der Waals surface area contributed by atoms with E-state index in [0.717, 1.165) is 48.3 Å². The van der Waals surface area contributed by atoms with Gasteiger partial charge in [0.2, 0.25) is 5.91 Å². The minimum Gasteiger partial charge on any atom is -0.496 e. The normalized spacial score (nSPS) is 13.9. The van der Waals surface area contributed by atoms with E-state index in [1.807, 2.05) is 65.6 Å². The number of amides is 2. The molecule has 1 aliphatic heterocycles. The molecule has 0 unspecified atom stereocenters. The van der Waals surface area contributed by atoms with Gasteiger partial charge in [0.25, 0.3) is 5.91 Å². The number of fused-ring (bicyclic) bond motifs is 1. The molecule has 0 aromatic heterocycles. The topological polar surface area (TPSA) is 61.9 Å². The molecule has 1 aliphatic rings. The molecule has 3 aromatic rings. The number of carbonyl (C=O) groups is 2. The van der Waals surface area contributed by atoms with Crippen molar-refractivity contribution in [3.63, 3.8) is 0 Å². The molecule has 0 spiro atoms. The standard InChI is InChI=1S/C27H31N3O3/c1-19(2)16-26(31)30-14-12-29(13-15-30)23-10-8-22(9-11-23)28-27(32)24-17-20-6-4-5-7-21(20)18-25(24)33-3/h4-11,17-19H,12-16H2,1-3H3,(H,28,32). The quantitative estimate of drug-likeness (QED) is 0.592. The Morgan fingerprint density at radius 3 is 2.18 bits per heavy atom. The highest BCUT2D eigenvalue weighted by Crippen LogP contribution is 2.27. The van der Waals surface area contributed by atoms with E-state index < -0.39 is 0 Å². The summed E-state index contributed by atoms with van der Waals surface area (Å²) in [7, 11) is 1.58. The summed E-state index contributed by atoms with van der Waals surface area (Å²) in [5, 5.41) is 5.00. The number of benzene rings is 3. The lowest BCUT2D eigenvalue weighted by Crippen LogP contribution is -2.49. The molecular formula is C27H31N3O3. The lowest BCUT2D eigenvalue weighted by molar-refractivity contribution is -0.132. The Morgan fingerprint density at radius 2 is 1.58 bits per heavy atom. The minimum absolute atomic E-state index is 0.206. The summed E-state index contributed by atoms with van der Waals surface area (Å²) < 4.78 is 5.46. The Bertz CT molecular complexity index is 1130. The number of rotatable bonds is 6. The second-order valence-electron chi connectivity index (χ2n) is 8.87. The molecule has 3 aromatic carbocycles. The summed E-state index contributed by atoms with van der Waals surface area (Å²) in [6.07, 6.45) is 0.608. The Labute approximate surface area is 195 Å². The minimum atomic E-state index is -0.206. The van der Waals surface area contributed by atoms with Crippen molar-refractivity contribution in [2.75, 3.05) is 43.5 Å². The van der Waals surface area contributed by atoms with Gasteiger partial charge >= 0.3 is 0 Å². The number of methoxy groups -OCH3 is 1. The molecule has 6 heteroatoms. The number of ether oxygens (including phenoxy) is 1. The summed E-state index contributed by atoms with van der Waals surface area (Å²) in [4.78, 5) is 29.5. The summed E-state index contributed by atoms with van der Waals surface area (Å²) in [6, 6.07) is 19.5. The molecule has 1 N–H and O–H groups in total. The van der Waals surface area contributed by atoms with E-state index in [9.17, 15) is 9.59 Å². The molecule has 2 amide bonds. The van der Waals surface area contributed by atoms with Gasteiger partial charge in [-0.15, -0.1) is 0 Å². The molecule has 1 saturated heterocycles. The molecule has 172 valence electrons. The highest BCUT2D eigenvalue weighted by atomic mass is 16.5. The Morgan fingerprint density at radius 1 is 0.939 bits per heavy atom. The lowest BCUT2D eigenvalue weighted by atomic mass is 10.1. The maximum atomic E-state index is 13.0. The molecule has 0 atom stereocenters. The number of nitrogens with one attached hydrogen (secondary N) is 1. The zero-order valence-corrected chi connectivity index (χ0v) is 19.5. The number of hydrogen-bond donors (Lipinski definition) is 1. The van der Waals surface area contributed by atoms with Crippen LogP contribution < -0.4 is 15.0 Å². The Hall–Kier alpha value is -3.54. The third-order valence-electron chi connectivity index (χ3n) is 6.02. The van der Waals surface area contributed by atoms with Crippen LogP contribution in [-0.4, -0.2) is 50.0 Å². The van der Waals surface area contributed by atoms with Gasteiger partial charge in [-0.25, -0.2) is 0 Å². The first-order chi connectivity index (χ1) is 15.9. The van der Waals surface area contributed by atoms with Crippen LogP contribution in [0.1, 0.15) is 30.6 Å². The molecular weight excluding hydrogens is 414 g/mol. The van der Waals surface area contributed by atoms with Crippen molar-refractivity contribution in [2.45, 2.75) is 20.3 Å². The number of anilines is 2. The van der Waals surface area contributed by atoms with Gasteiger partial charge in [0.05, 0.1) is 12.7 Å². The first-order valence-corrected chi connectivity index (χ1v) is 11.5. The van der Waals surface area contributed by atoms with Gasteiger partial charge in [-0.2, -0.15) is 0 Å². The van der Waals surface area contributed by atoms with Gasteiger partial charge in [-0.1, -0.05) is 38.1 Å². The number of piperazine rings is 1. The third-order valence-corrected chi connectivity index (χ3v) is 6.02. The van der Waals surface area contributed by atoms with Crippen LogP contribution >= 0.6 is 0 Å². The second-order valence-corrected chi connectivity index (χ2v) is 8.87. The van der Waals surface area contributed by atoms with Gasteiger partial charge in [-0.05, 0) is 53.1 Å².